The average molecular weight is 223 g/mol. The topological polar surface area (TPSA) is 35.4 Å². The van der Waals surface area contributed by atoms with Crippen LogP contribution in [0.15, 0.2) is 28.7 Å². The van der Waals surface area contributed by atoms with E-state index in [1.165, 1.54) is 5.56 Å². The van der Waals surface area contributed by atoms with Gasteiger partial charge in [0.25, 0.3) is 0 Å². The molecule has 0 saturated carbocycles. The summed E-state index contributed by atoms with van der Waals surface area (Å²) in [5.74, 6) is 0. The molecule has 0 saturated heterocycles. The van der Waals surface area contributed by atoms with E-state index < -0.39 is 11.4 Å². The molecule has 0 aromatic heterocycles. The van der Waals surface area contributed by atoms with Crippen molar-refractivity contribution in [2.75, 3.05) is 0 Å². The van der Waals surface area contributed by atoms with Gasteiger partial charge in [-0.2, -0.15) is 0 Å². The molecule has 0 radical (unpaired) electrons. The van der Waals surface area contributed by atoms with Crippen LogP contribution in [0, 0.1) is 6.92 Å². The number of hydrogen-bond donors (Lipinski definition) is 0. The van der Waals surface area contributed by atoms with Crippen LogP contribution in [0.3, 0.4) is 0 Å². The minimum Gasteiger partial charge on any atom is -0.591 e. The van der Waals surface area contributed by atoms with E-state index in [9.17, 15) is 4.55 Å². The predicted molar refractivity (Wildman–Crippen MR) is 66.7 cm³/mol. The van der Waals surface area contributed by atoms with Crippen molar-refractivity contribution in [2.24, 2.45) is 4.40 Å². The predicted octanol–water partition coefficient (Wildman–Crippen LogP) is 2.88. The Morgan fingerprint density at radius 3 is 2.20 bits per heavy atom. The fourth-order valence-electron chi connectivity index (χ4n) is 0.919. The van der Waals surface area contributed by atoms with Crippen molar-refractivity contribution in [3.8, 4) is 0 Å². The van der Waals surface area contributed by atoms with Crippen LogP contribution in [0.5, 0.6) is 0 Å². The third kappa shape index (κ3) is 4.06. The average Bonchev–Trinajstić information content (AvgIpc) is 2.15. The molecular formula is C12H17NOS. The third-order valence-corrected chi connectivity index (χ3v) is 3.24. The zero-order valence-electron chi connectivity index (χ0n) is 9.65. The number of aryl methyl sites for hydroxylation is 1. The van der Waals surface area contributed by atoms with Crippen LogP contribution in [0.25, 0.3) is 0 Å². The second-order valence-corrected chi connectivity index (χ2v) is 6.44. The summed E-state index contributed by atoms with van der Waals surface area (Å²) in [5, 5.41) is 0. The first kappa shape index (κ1) is 12.3. The Labute approximate surface area is 94.7 Å². The van der Waals surface area contributed by atoms with Crippen LogP contribution in [-0.4, -0.2) is 15.5 Å². The lowest BCUT2D eigenvalue weighted by molar-refractivity contribution is 0.562. The monoisotopic (exact) mass is 223 g/mol. The van der Waals surface area contributed by atoms with Gasteiger partial charge in [-0.3, -0.25) is 0 Å². The smallest absolute Gasteiger partial charge is 0.144 e. The van der Waals surface area contributed by atoms with E-state index in [0.29, 0.717) is 0 Å². The molecule has 1 atom stereocenters. The highest BCUT2D eigenvalue weighted by molar-refractivity contribution is 7.91. The Bertz CT molecular complexity index is 338. The van der Waals surface area contributed by atoms with Crippen molar-refractivity contribution >= 4 is 17.6 Å². The van der Waals surface area contributed by atoms with Crippen LogP contribution < -0.4 is 0 Å². The molecule has 0 unspecified atom stereocenters. The second kappa shape index (κ2) is 4.81. The van der Waals surface area contributed by atoms with Crippen LogP contribution in [0.1, 0.15) is 31.9 Å². The van der Waals surface area contributed by atoms with Gasteiger partial charge in [-0.15, -0.1) is 0 Å². The van der Waals surface area contributed by atoms with E-state index >= 15 is 0 Å². The second-order valence-electron chi connectivity index (χ2n) is 4.51. The van der Waals surface area contributed by atoms with Crippen molar-refractivity contribution in [3.63, 3.8) is 0 Å². The summed E-state index contributed by atoms with van der Waals surface area (Å²) < 4.78 is 15.4. The molecule has 0 amide bonds. The first-order valence-electron chi connectivity index (χ1n) is 4.92. The van der Waals surface area contributed by atoms with Gasteiger partial charge in [0, 0.05) is 0 Å². The van der Waals surface area contributed by atoms with Gasteiger partial charge < -0.3 is 4.55 Å². The SMILES string of the molecule is Cc1ccc(/C=N/[S@@+]([O-])C(C)(C)C)cc1. The lowest BCUT2D eigenvalue weighted by atomic mass is 10.2. The summed E-state index contributed by atoms with van der Waals surface area (Å²) in [6.07, 6.45) is 1.67. The number of hydrogen-bond acceptors (Lipinski definition) is 2. The quantitative estimate of drug-likeness (QED) is 0.561. The maximum atomic E-state index is 11.6. The molecule has 1 aromatic rings. The van der Waals surface area contributed by atoms with Crippen LogP contribution in [0.2, 0.25) is 0 Å². The van der Waals surface area contributed by atoms with Gasteiger partial charge in [0.05, 0.1) is 6.21 Å². The van der Waals surface area contributed by atoms with Crippen molar-refractivity contribution in [1.29, 1.82) is 0 Å². The first-order chi connectivity index (χ1) is 6.89. The van der Waals surface area contributed by atoms with Crippen LogP contribution >= 0.6 is 0 Å². The minimum atomic E-state index is -1.17. The summed E-state index contributed by atoms with van der Waals surface area (Å²) in [7, 11) is 0. The molecule has 0 fully saturated rings. The lowest BCUT2D eigenvalue weighted by Gasteiger charge is -2.17. The van der Waals surface area contributed by atoms with E-state index in [-0.39, 0.29) is 4.75 Å². The maximum absolute atomic E-state index is 11.6. The van der Waals surface area contributed by atoms with Crippen LogP contribution in [0.4, 0.5) is 0 Å². The van der Waals surface area contributed by atoms with Gasteiger partial charge in [0.2, 0.25) is 0 Å². The van der Waals surface area contributed by atoms with E-state index in [2.05, 4.69) is 4.40 Å². The summed E-state index contributed by atoms with van der Waals surface area (Å²) in [6, 6.07) is 7.97. The molecule has 1 rings (SSSR count). The fourth-order valence-corrected chi connectivity index (χ4v) is 1.45. The van der Waals surface area contributed by atoms with Gasteiger partial charge in [0.1, 0.15) is 16.1 Å². The zero-order valence-corrected chi connectivity index (χ0v) is 10.5. The maximum Gasteiger partial charge on any atom is 0.144 e. The Morgan fingerprint density at radius 2 is 1.73 bits per heavy atom. The summed E-state index contributed by atoms with van der Waals surface area (Å²) >= 11 is -1.17. The Morgan fingerprint density at radius 1 is 1.20 bits per heavy atom. The van der Waals surface area contributed by atoms with Gasteiger partial charge >= 0.3 is 0 Å². The highest BCUT2D eigenvalue weighted by atomic mass is 32.2. The van der Waals surface area contributed by atoms with Crippen molar-refractivity contribution in [3.05, 3.63) is 35.4 Å². The lowest BCUT2D eigenvalue weighted by Crippen LogP contribution is -2.25. The molecule has 0 heterocycles. The molecule has 0 aliphatic carbocycles. The largest absolute Gasteiger partial charge is 0.591 e. The molecule has 82 valence electrons. The molecule has 0 N–H and O–H groups in total. The molecule has 0 aliphatic heterocycles. The minimum absolute atomic E-state index is 0.290. The van der Waals surface area contributed by atoms with E-state index in [4.69, 9.17) is 0 Å². The first-order valence-corrected chi connectivity index (χ1v) is 6.03. The van der Waals surface area contributed by atoms with E-state index in [0.717, 1.165) is 5.56 Å². The fraction of sp³-hybridized carbons (Fsp3) is 0.417. The summed E-state index contributed by atoms with van der Waals surface area (Å²) in [6.45, 7) is 7.77. The molecule has 15 heavy (non-hydrogen) atoms. The normalized spacial score (nSPS) is 14.5. The van der Waals surface area contributed by atoms with Crippen molar-refractivity contribution in [2.45, 2.75) is 32.4 Å². The Hall–Kier alpha value is -0.800. The Balaban J connectivity index is 2.70. The Kier molecular flexibility index (Phi) is 3.94. The number of rotatable bonds is 2. The molecule has 1 aromatic carbocycles. The molecular weight excluding hydrogens is 206 g/mol. The van der Waals surface area contributed by atoms with Crippen LogP contribution in [-0.2, 0) is 11.4 Å². The summed E-state index contributed by atoms with van der Waals surface area (Å²) in [4.78, 5) is 0. The highest BCUT2D eigenvalue weighted by Gasteiger charge is 2.25. The molecule has 0 bridgehead atoms. The molecule has 0 spiro atoms. The van der Waals surface area contributed by atoms with E-state index in [1.54, 1.807) is 6.21 Å². The molecule has 0 aliphatic rings. The molecule has 2 nitrogen and oxygen atoms in total. The highest BCUT2D eigenvalue weighted by Crippen LogP contribution is 2.16. The number of nitrogens with zero attached hydrogens (tertiary/aromatic N) is 1. The molecule has 3 heteroatoms. The van der Waals surface area contributed by atoms with Gasteiger partial charge in [0.15, 0.2) is 0 Å². The number of benzene rings is 1. The standard InChI is InChI=1S/C12H17NOS/c1-10-5-7-11(8-6-10)9-13-15(14)12(2,3)4/h5-9H,1-4H3/b13-9+/t15-/m0/s1. The third-order valence-electron chi connectivity index (χ3n) is 1.90. The van der Waals surface area contributed by atoms with Crippen molar-refractivity contribution in [1.82, 2.24) is 0 Å². The van der Waals surface area contributed by atoms with E-state index in [1.807, 2.05) is 52.0 Å². The summed E-state index contributed by atoms with van der Waals surface area (Å²) in [5.41, 5.74) is 2.20. The van der Waals surface area contributed by atoms with Gasteiger partial charge in [-0.25, -0.2) is 0 Å². The zero-order chi connectivity index (χ0) is 11.5. The van der Waals surface area contributed by atoms with Crippen molar-refractivity contribution < 1.29 is 4.55 Å². The van der Waals surface area contributed by atoms with Gasteiger partial charge in [-0.1, -0.05) is 34.2 Å². The van der Waals surface area contributed by atoms with Gasteiger partial charge in [-0.05, 0) is 33.3 Å².